The van der Waals surface area contributed by atoms with Crippen LogP contribution in [0.1, 0.15) is 11.1 Å². The van der Waals surface area contributed by atoms with E-state index in [4.69, 9.17) is 4.74 Å². The quantitative estimate of drug-likeness (QED) is 0.181. The number of halogens is 3. The minimum absolute atomic E-state index is 0.253. The summed E-state index contributed by atoms with van der Waals surface area (Å²) >= 11 is 0. The second-order valence-electron chi connectivity index (χ2n) is 12.7. The Hall–Kier alpha value is -5.69. The summed E-state index contributed by atoms with van der Waals surface area (Å²) in [5.41, 5.74) is 10.2. The van der Waals surface area contributed by atoms with Gasteiger partial charge in [0.25, 0.3) is 6.71 Å². The third-order valence-corrected chi connectivity index (χ3v) is 9.53. The Balaban J connectivity index is 1.45. The number of aryl methyl sites for hydroxylation is 2. The number of alkyl halides is 3. The number of hydrogen-bond acceptors (Lipinski definition) is 3. The first-order valence-electron chi connectivity index (χ1n) is 15.9. The molecule has 9 rings (SSSR count). The van der Waals surface area contributed by atoms with Crippen LogP contribution in [-0.2, 0) is 0 Å². The number of rotatable bonds is 3. The number of benzene rings is 7. The molecule has 0 atom stereocenters. The normalized spacial score (nSPS) is 13.4. The molecule has 7 heteroatoms. The number of anilines is 6. The molecule has 0 bridgehead atoms. The van der Waals surface area contributed by atoms with E-state index in [0.717, 1.165) is 71.8 Å². The minimum Gasteiger partial charge on any atom is -0.406 e. The average Bonchev–Trinajstić information content (AvgIpc) is 3.06. The summed E-state index contributed by atoms with van der Waals surface area (Å²) in [4.78, 5) is 4.18. The molecule has 48 heavy (non-hydrogen) atoms. The predicted octanol–water partition coefficient (Wildman–Crippen LogP) is 9.59. The number of hydrogen-bond donors (Lipinski definition) is 0. The van der Waals surface area contributed by atoms with Gasteiger partial charge in [0, 0.05) is 46.3 Å². The summed E-state index contributed by atoms with van der Waals surface area (Å²) in [6.07, 6.45) is -4.86. The molecular weight excluding hydrogens is 604 g/mol. The Labute approximate surface area is 276 Å². The van der Waals surface area contributed by atoms with Gasteiger partial charge < -0.3 is 14.5 Å². The summed E-state index contributed by atoms with van der Waals surface area (Å²) in [6.45, 7) is 3.88. The molecule has 3 nitrogen and oxygen atoms in total. The molecule has 0 amide bonds. The van der Waals surface area contributed by atoms with Crippen molar-refractivity contribution in [1.29, 1.82) is 0 Å². The van der Waals surface area contributed by atoms with Gasteiger partial charge in [-0.3, -0.25) is 0 Å². The molecular formula is C41H28BF3N2O. The topological polar surface area (TPSA) is 15.7 Å². The van der Waals surface area contributed by atoms with Crippen molar-refractivity contribution in [2.45, 2.75) is 20.2 Å². The number of para-hydroxylation sites is 2. The fourth-order valence-corrected chi connectivity index (χ4v) is 7.60. The van der Waals surface area contributed by atoms with Crippen molar-refractivity contribution in [3.63, 3.8) is 0 Å². The van der Waals surface area contributed by atoms with Crippen molar-refractivity contribution in [3.05, 3.63) is 145 Å². The summed E-state index contributed by atoms with van der Waals surface area (Å²) in [6, 6.07) is 44.5. The molecule has 0 spiro atoms. The monoisotopic (exact) mass is 632 g/mol. The highest BCUT2D eigenvalue weighted by Crippen LogP contribution is 2.47. The van der Waals surface area contributed by atoms with Gasteiger partial charge in [0.15, 0.2) is 0 Å². The fraction of sp³-hybridized carbons (Fsp3) is 0.0732. The van der Waals surface area contributed by atoms with Crippen LogP contribution in [0, 0.1) is 13.8 Å². The van der Waals surface area contributed by atoms with E-state index in [-0.39, 0.29) is 12.5 Å². The van der Waals surface area contributed by atoms with Crippen LogP contribution in [0.15, 0.2) is 133 Å². The van der Waals surface area contributed by atoms with Gasteiger partial charge in [-0.25, -0.2) is 0 Å². The molecule has 0 aromatic heterocycles. The van der Waals surface area contributed by atoms with Gasteiger partial charge in [0.1, 0.15) is 5.75 Å². The number of nitrogens with zero attached hydrogens (tertiary/aromatic N) is 2. The van der Waals surface area contributed by atoms with E-state index >= 15 is 0 Å². The summed E-state index contributed by atoms with van der Waals surface area (Å²) < 4.78 is 46.7. The standard InChI is InChI=1S/C41H28BF3N2O/c1-25-13-15-27-19-34-36(21-29(27)17-25)46(31-9-5-3-6-10-31)38-23-33(48-41(43,44)45)24-39-40(38)42(34)35-20-28-16-14-26(2)18-30(28)22-37(35)47(39)32-11-7-4-8-12-32/h3-24H,1-2H3. The van der Waals surface area contributed by atoms with Gasteiger partial charge in [-0.2, -0.15) is 0 Å². The Morgan fingerprint density at radius 3 is 1.40 bits per heavy atom. The van der Waals surface area contributed by atoms with Crippen molar-refractivity contribution in [3.8, 4) is 5.75 Å². The molecule has 0 saturated carbocycles. The van der Waals surface area contributed by atoms with Crippen LogP contribution < -0.4 is 30.9 Å². The number of fused-ring (bicyclic) bond motifs is 6. The maximum atomic E-state index is 14.0. The largest absolute Gasteiger partial charge is 0.573 e. The summed E-state index contributed by atoms with van der Waals surface area (Å²) in [7, 11) is 0. The third kappa shape index (κ3) is 4.53. The fourth-order valence-electron chi connectivity index (χ4n) is 7.60. The smallest absolute Gasteiger partial charge is 0.406 e. The van der Waals surface area contributed by atoms with E-state index in [1.807, 2.05) is 60.7 Å². The second kappa shape index (κ2) is 10.4. The van der Waals surface area contributed by atoms with Gasteiger partial charge in [-0.15, -0.1) is 13.2 Å². The van der Waals surface area contributed by atoms with Crippen LogP contribution in [0.5, 0.6) is 5.75 Å². The summed E-state index contributed by atoms with van der Waals surface area (Å²) in [5, 5.41) is 4.35. The zero-order valence-corrected chi connectivity index (χ0v) is 26.2. The van der Waals surface area contributed by atoms with E-state index in [2.05, 4.69) is 84.3 Å². The zero-order valence-electron chi connectivity index (χ0n) is 26.2. The lowest BCUT2D eigenvalue weighted by atomic mass is 9.33. The molecule has 0 fully saturated rings. The first kappa shape index (κ1) is 28.5. The average molecular weight is 632 g/mol. The first-order valence-corrected chi connectivity index (χ1v) is 15.9. The van der Waals surface area contributed by atoms with E-state index in [1.54, 1.807) is 12.1 Å². The molecule has 2 heterocycles. The molecule has 7 aromatic rings. The van der Waals surface area contributed by atoms with Gasteiger partial charge in [-0.1, -0.05) is 96.1 Å². The van der Waals surface area contributed by atoms with Crippen molar-refractivity contribution in [1.82, 2.24) is 0 Å². The Morgan fingerprint density at radius 1 is 0.500 bits per heavy atom. The van der Waals surface area contributed by atoms with E-state index in [9.17, 15) is 13.2 Å². The van der Waals surface area contributed by atoms with Crippen LogP contribution in [-0.4, -0.2) is 13.1 Å². The summed E-state index contributed by atoms with van der Waals surface area (Å²) in [5.74, 6) is -0.267. The van der Waals surface area contributed by atoms with E-state index in [0.29, 0.717) is 11.4 Å². The third-order valence-electron chi connectivity index (χ3n) is 9.53. The van der Waals surface area contributed by atoms with Crippen LogP contribution >= 0.6 is 0 Å². The highest BCUT2D eigenvalue weighted by atomic mass is 19.4. The van der Waals surface area contributed by atoms with Gasteiger partial charge in [-0.05, 0) is 88.2 Å². The lowest BCUT2D eigenvalue weighted by molar-refractivity contribution is -0.274. The lowest BCUT2D eigenvalue weighted by Crippen LogP contribution is -2.61. The highest BCUT2D eigenvalue weighted by Gasteiger charge is 2.44. The molecule has 0 saturated heterocycles. The van der Waals surface area contributed by atoms with Crippen molar-refractivity contribution in [2.75, 3.05) is 9.80 Å². The van der Waals surface area contributed by atoms with Crippen LogP contribution in [0.4, 0.5) is 47.3 Å². The molecule has 232 valence electrons. The van der Waals surface area contributed by atoms with Crippen LogP contribution in [0.25, 0.3) is 21.5 Å². The zero-order chi connectivity index (χ0) is 32.7. The maximum Gasteiger partial charge on any atom is 0.573 e. The number of ether oxygens (including phenoxy) is 1. The van der Waals surface area contributed by atoms with Crippen molar-refractivity contribution >= 4 is 78.8 Å². The van der Waals surface area contributed by atoms with Gasteiger partial charge in [0.2, 0.25) is 0 Å². The molecule has 0 radical (unpaired) electrons. The van der Waals surface area contributed by atoms with Crippen LogP contribution in [0.2, 0.25) is 0 Å². The van der Waals surface area contributed by atoms with Gasteiger partial charge >= 0.3 is 6.36 Å². The van der Waals surface area contributed by atoms with Crippen LogP contribution in [0.3, 0.4) is 0 Å². The van der Waals surface area contributed by atoms with Gasteiger partial charge in [0.05, 0.1) is 0 Å². The maximum absolute atomic E-state index is 14.0. The Bertz CT molecular complexity index is 2250. The predicted molar refractivity (Wildman–Crippen MR) is 192 cm³/mol. The van der Waals surface area contributed by atoms with Crippen molar-refractivity contribution in [2.24, 2.45) is 0 Å². The SMILES string of the molecule is Cc1ccc2cc3c(cc2c1)N(c1ccccc1)c1cc(OC(F)(F)F)cc2c1B3c1cc3ccc(C)cc3cc1N2c1ccccc1. The minimum atomic E-state index is -4.86. The Morgan fingerprint density at radius 2 is 0.958 bits per heavy atom. The molecule has 7 aromatic carbocycles. The molecule has 0 N–H and O–H groups in total. The molecule has 0 unspecified atom stereocenters. The first-order chi connectivity index (χ1) is 23.2. The molecule has 2 aliphatic heterocycles. The highest BCUT2D eigenvalue weighted by molar-refractivity contribution is 7.00. The molecule has 2 aliphatic rings. The second-order valence-corrected chi connectivity index (χ2v) is 12.7. The van der Waals surface area contributed by atoms with E-state index in [1.165, 1.54) is 0 Å². The Kier molecular flexibility index (Phi) is 6.19. The molecule has 0 aliphatic carbocycles. The van der Waals surface area contributed by atoms with Crippen molar-refractivity contribution < 1.29 is 17.9 Å². The van der Waals surface area contributed by atoms with E-state index < -0.39 is 6.36 Å². The lowest BCUT2D eigenvalue weighted by Gasteiger charge is -2.44.